The molecule has 0 bridgehead atoms. The quantitative estimate of drug-likeness (QED) is 0.502. The molecule has 0 amide bonds. The van der Waals surface area contributed by atoms with Crippen molar-refractivity contribution in [3.05, 3.63) is 65.9 Å². The maximum atomic E-state index is 13.4. The Bertz CT molecular complexity index is 959. The molecule has 1 aromatic heterocycles. The number of alkyl halides is 3. The van der Waals surface area contributed by atoms with Crippen molar-refractivity contribution in [1.82, 2.24) is 9.97 Å². The first-order chi connectivity index (χ1) is 13.8. The smallest absolute Gasteiger partial charge is 0.421 e. The topological polar surface area (TPSA) is 59.1 Å². The summed E-state index contributed by atoms with van der Waals surface area (Å²) in [4.78, 5) is 7.87. The van der Waals surface area contributed by atoms with Crippen LogP contribution in [0.3, 0.4) is 0 Å². The Morgan fingerprint density at radius 2 is 1.76 bits per heavy atom. The van der Waals surface area contributed by atoms with Crippen molar-refractivity contribution in [2.45, 2.75) is 26.4 Å². The van der Waals surface area contributed by atoms with Gasteiger partial charge in [-0.2, -0.15) is 18.2 Å². The standard InChI is InChI=1S/C21H21F3N4O/c1-3-11-29-17-6-4-5-16(12-17)26-19-18(21(22,23)24)13-25-20(28-19)27-15-9-7-14(2)8-10-15/h4-10,12-13H,3,11H2,1-2H3,(H2,25,26,27,28). The van der Waals surface area contributed by atoms with Gasteiger partial charge in [-0.3, -0.25) is 0 Å². The molecule has 152 valence electrons. The zero-order valence-electron chi connectivity index (χ0n) is 16.0. The fraction of sp³-hybridized carbons (Fsp3) is 0.238. The highest BCUT2D eigenvalue weighted by Gasteiger charge is 2.35. The van der Waals surface area contributed by atoms with Crippen molar-refractivity contribution < 1.29 is 17.9 Å². The molecule has 0 aliphatic carbocycles. The number of benzene rings is 2. The third-order valence-electron chi connectivity index (χ3n) is 3.97. The minimum atomic E-state index is -4.60. The van der Waals surface area contributed by atoms with E-state index < -0.39 is 11.7 Å². The Labute approximate surface area is 167 Å². The molecule has 0 spiro atoms. The maximum absolute atomic E-state index is 13.4. The molecule has 5 nitrogen and oxygen atoms in total. The van der Waals surface area contributed by atoms with Gasteiger partial charge in [0.15, 0.2) is 0 Å². The van der Waals surface area contributed by atoms with Gasteiger partial charge in [0.2, 0.25) is 5.95 Å². The molecule has 3 rings (SSSR count). The van der Waals surface area contributed by atoms with Crippen LogP contribution in [-0.2, 0) is 6.18 Å². The van der Waals surface area contributed by atoms with E-state index >= 15 is 0 Å². The number of nitrogens with one attached hydrogen (secondary N) is 2. The van der Waals surface area contributed by atoms with Crippen LogP contribution < -0.4 is 15.4 Å². The summed E-state index contributed by atoms with van der Waals surface area (Å²) in [6, 6.07) is 14.1. The van der Waals surface area contributed by atoms with Crippen molar-refractivity contribution in [3.63, 3.8) is 0 Å². The molecule has 0 aliphatic rings. The summed E-state index contributed by atoms with van der Waals surface area (Å²) in [5.74, 6) is 0.287. The lowest BCUT2D eigenvalue weighted by Gasteiger charge is -2.15. The van der Waals surface area contributed by atoms with Crippen LogP contribution in [0.4, 0.5) is 36.3 Å². The van der Waals surface area contributed by atoms with Crippen LogP contribution in [0.2, 0.25) is 0 Å². The second-order valence-electron chi connectivity index (χ2n) is 6.45. The van der Waals surface area contributed by atoms with Gasteiger partial charge in [0.05, 0.1) is 6.61 Å². The van der Waals surface area contributed by atoms with Gasteiger partial charge in [-0.15, -0.1) is 0 Å². The number of nitrogens with zero attached hydrogens (tertiary/aromatic N) is 2. The first-order valence-corrected chi connectivity index (χ1v) is 9.13. The summed E-state index contributed by atoms with van der Waals surface area (Å²) in [6.45, 7) is 4.44. The molecular formula is C21H21F3N4O. The minimum absolute atomic E-state index is 0.0581. The summed E-state index contributed by atoms with van der Waals surface area (Å²) in [6.07, 6.45) is -3.00. The third kappa shape index (κ3) is 5.60. The zero-order valence-corrected chi connectivity index (χ0v) is 16.0. The van der Waals surface area contributed by atoms with E-state index in [0.29, 0.717) is 23.7 Å². The number of anilines is 4. The first-order valence-electron chi connectivity index (χ1n) is 9.13. The molecule has 0 atom stereocenters. The van der Waals surface area contributed by atoms with Crippen molar-refractivity contribution in [3.8, 4) is 5.75 Å². The molecule has 8 heteroatoms. The molecule has 29 heavy (non-hydrogen) atoms. The Morgan fingerprint density at radius 1 is 1.00 bits per heavy atom. The van der Waals surface area contributed by atoms with Gasteiger partial charge in [0.25, 0.3) is 0 Å². The van der Waals surface area contributed by atoms with Gasteiger partial charge in [0, 0.05) is 23.6 Å². The third-order valence-corrected chi connectivity index (χ3v) is 3.97. The van der Waals surface area contributed by atoms with Gasteiger partial charge < -0.3 is 15.4 Å². The molecule has 0 radical (unpaired) electrons. The van der Waals surface area contributed by atoms with Crippen LogP contribution in [-0.4, -0.2) is 16.6 Å². The number of halogens is 3. The van der Waals surface area contributed by atoms with Crippen LogP contribution in [0.5, 0.6) is 5.75 Å². The second kappa shape index (κ2) is 8.81. The summed E-state index contributed by atoms with van der Waals surface area (Å²) in [5, 5.41) is 5.66. The van der Waals surface area contributed by atoms with Gasteiger partial charge in [-0.1, -0.05) is 30.7 Å². The van der Waals surface area contributed by atoms with Crippen molar-refractivity contribution in [2.75, 3.05) is 17.2 Å². The predicted octanol–water partition coefficient (Wildman–Crippen LogP) is 6.08. The molecule has 3 aromatic rings. The van der Waals surface area contributed by atoms with Crippen molar-refractivity contribution in [1.29, 1.82) is 0 Å². The predicted molar refractivity (Wildman–Crippen MR) is 107 cm³/mol. The number of aryl methyl sites for hydroxylation is 1. The number of ether oxygens (including phenoxy) is 1. The molecule has 2 aromatic carbocycles. The summed E-state index contributed by atoms with van der Waals surface area (Å²) in [7, 11) is 0. The van der Waals surface area contributed by atoms with E-state index in [1.807, 2.05) is 26.0 Å². The summed E-state index contributed by atoms with van der Waals surface area (Å²) >= 11 is 0. The monoisotopic (exact) mass is 402 g/mol. The minimum Gasteiger partial charge on any atom is -0.494 e. The average molecular weight is 402 g/mol. The maximum Gasteiger partial charge on any atom is 0.421 e. The van der Waals surface area contributed by atoms with Gasteiger partial charge in [-0.25, -0.2) is 4.98 Å². The Morgan fingerprint density at radius 3 is 2.45 bits per heavy atom. The molecule has 0 saturated heterocycles. The van der Waals surface area contributed by atoms with Crippen LogP contribution >= 0.6 is 0 Å². The Hall–Kier alpha value is -3.29. The summed E-state index contributed by atoms with van der Waals surface area (Å²) in [5.41, 5.74) is 1.23. The van der Waals surface area contributed by atoms with E-state index in [1.54, 1.807) is 36.4 Å². The lowest BCUT2D eigenvalue weighted by Crippen LogP contribution is -2.12. The van der Waals surface area contributed by atoms with Crippen LogP contribution in [0.25, 0.3) is 0 Å². The van der Waals surface area contributed by atoms with Gasteiger partial charge in [-0.05, 0) is 37.6 Å². The highest BCUT2D eigenvalue weighted by molar-refractivity contribution is 5.64. The SMILES string of the molecule is CCCOc1cccc(Nc2nc(Nc3ccc(C)cc3)ncc2C(F)(F)F)c1. The number of hydrogen-bond donors (Lipinski definition) is 2. The van der Waals surface area contributed by atoms with Crippen LogP contribution in [0, 0.1) is 6.92 Å². The lowest BCUT2D eigenvalue weighted by atomic mass is 10.2. The summed E-state index contributed by atoms with van der Waals surface area (Å²) < 4.78 is 45.8. The molecule has 0 fully saturated rings. The highest BCUT2D eigenvalue weighted by Crippen LogP contribution is 2.35. The van der Waals surface area contributed by atoms with E-state index in [1.165, 1.54) is 0 Å². The first kappa shape index (κ1) is 20.4. The van der Waals surface area contributed by atoms with E-state index in [0.717, 1.165) is 18.2 Å². The average Bonchev–Trinajstić information content (AvgIpc) is 2.68. The molecule has 0 saturated carbocycles. The lowest BCUT2D eigenvalue weighted by molar-refractivity contribution is -0.137. The number of rotatable bonds is 7. The molecule has 2 N–H and O–H groups in total. The molecular weight excluding hydrogens is 381 g/mol. The Kier molecular flexibility index (Phi) is 6.21. The number of hydrogen-bond acceptors (Lipinski definition) is 5. The van der Waals surface area contributed by atoms with E-state index in [-0.39, 0.29) is 11.8 Å². The van der Waals surface area contributed by atoms with Crippen LogP contribution in [0.1, 0.15) is 24.5 Å². The molecule has 0 aliphatic heterocycles. The largest absolute Gasteiger partial charge is 0.494 e. The van der Waals surface area contributed by atoms with Gasteiger partial charge in [0.1, 0.15) is 17.1 Å². The number of aromatic nitrogens is 2. The Balaban J connectivity index is 1.89. The second-order valence-corrected chi connectivity index (χ2v) is 6.45. The van der Waals surface area contributed by atoms with Gasteiger partial charge >= 0.3 is 6.18 Å². The zero-order chi connectivity index (χ0) is 20.9. The van der Waals surface area contributed by atoms with Crippen molar-refractivity contribution in [2.24, 2.45) is 0 Å². The van der Waals surface area contributed by atoms with Crippen LogP contribution in [0.15, 0.2) is 54.7 Å². The highest BCUT2D eigenvalue weighted by atomic mass is 19.4. The van der Waals surface area contributed by atoms with E-state index in [4.69, 9.17) is 4.74 Å². The fourth-order valence-electron chi connectivity index (χ4n) is 2.53. The van der Waals surface area contributed by atoms with E-state index in [2.05, 4.69) is 20.6 Å². The van der Waals surface area contributed by atoms with Crippen molar-refractivity contribution >= 4 is 23.1 Å². The molecule has 0 unspecified atom stereocenters. The fourth-order valence-corrected chi connectivity index (χ4v) is 2.53. The molecule has 1 heterocycles. The van der Waals surface area contributed by atoms with E-state index in [9.17, 15) is 13.2 Å². The normalized spacial score (nSPS) is 11.2.